The number of imidazole rings is 1. The SMILES string of the molecule is COc1ccc2[nH]cc(C(=O)NCCc3cnc[nH]3)c(=O)c2c1. The molecule has 7 nitrogen and oxygen atoms in total. The molecule has 0 radical (unpaired) electrons. The normalized spacial score (nSPS) is 10.7. The van der Waals surface area contributed by atoms with E-state index in [0.717, 1.165) is 5.69 Å². The Kier molecular flexibility index (Phi) is 4.09. The zero-order valence-corrected chi connectivity index (χ0v) is 12.6. The first-order chi connectivity index (χ1) is 11.2. The standard InChI is InChI=1S/C16H16N4O3/c1-23-11-2-3-14-12(6-11)15(21)13(8-19-14)16(22)18-5-4-10-7-17-9-20-10/h2-3,6-9H,4-5H2,1H3,(H,17,20)(H,18,22)(H,19,21). The number of hydrogen-bond donors (Lipinski definition) is 3. The van der Waals surface area contributed by atoms with Crippen molar-refractivity contribution in [2.45, 2.75) is 6.42 Å². The summed E-state index contributed by atoms with van der Waals surface area (Å²) in [7, 11) is 1.53. The van der Waals surface area contributed by atoms with E-state index in [-0.39, 0.29) is 11.0 Å². The predicted molar refractivity (Wildman–Crippen MR) is 85.7 cm³/mol. The topological polar surface area (TPSA) is 99.9 Å². The summed E-state index contributed by atoms with van der Waals surface area (Å²) >= 11 is 0. The summed E-state index contributed by atoms with van der Waals surface area (Å²) < 4.78 is 5.12. The zero-order chi connectivity index (χ0) is 16.2. The lowest BCUT2D eigenvalue weighted by molar-refractivity contribution is 0.0953. The van der Waals surface area contributed by atoms with Gasteiger partial charge in [0, 0.05) is 42.0 Å². The smallest absolute Gasteiger partial charge is 0.256 e. The fourth-order valence-corrected chi connectivity index (χ4v) is 2.32. The molecule has 2 aromatic heterocycles. The number of hydrogen-bond acceptors (Lipinski definition) is 4. The van der Waals surface area contributed by atoms with Gasteiger partial charge in [-0.15, -0.1) is 0 Å². The maximum Gasteiger partial charge on any atom is 0.256 e. The van der Waals surface area contributed by atoms with Gasteiger partial charge in [-0.1, -0.05) is 0 Å². The van der Waals surface area contributed by atoms with Crippen molar-refractivity contribution in [3.8, 4) is 5.75 Å². The number of benzene rings is 1. The highest BCUT2D eigenvalue weighted by Gasteiger charge is 2.13. The van der Waals surface area contributed by atoms with Gasteiger partial charge < -0.3 is 20.0 Å². The first-order valence-corrected chi connectivity index (χ1v) is 7.14. The molecule has 0 aliphatic heterocycles. The van der Waals surface area contributed by atoms with E-state index in [1.165, 1.54) is 13.3 Å². The summed E-state index contributed by atoms with van der Waals surface area (Å²) in [6.07, 6.45) is 5.33. The molecule has 2 heterocycles. The van der Waals surface area contributed by atoms with Crippen molar-refractivity contribution in [2.24, 2.45) is 0 Å². The molecule has 0 atom stereocenters. The number of carbonyl (C=O) groups is 1. The van der Waals surface area contributed by atoms with Gasteiger partial charge in [0.25, 0.3) is 5.91 Å². The van der Waals surface area contributed by atoms with E-state index in [4.69, 9.17) is 4.74 Å². The van der Waals surface area contributed by atoms with Crippen LogP contribution in [0.2, 0.25) is 0 Å². The second kappa shape index (κ2) is 6.35. The largest absolute Gasteiger partial charge is 0.497 e. The zero-order valence-electron chi connectivity index (χ0n) is 12.6. The van der Waals surface area contributed by atoms with Gasteiger partial charge in [-0.25, -0.2) is 4.98 Å². The number of ether oxygens (including phenoxy) is 1. The van der Waals surface area contributed by atoms with Crippen molar-refractivity contribution in [1.29, 1.82) is 0 Å². The average molecular weight is 312 g/mol. The third-order valence-electron chi connectivity index (χ3n) is 3.57. The lowest BCUT2D eigenvalue weighted by Gasteiger charge is -2.06. The highest BCUT2D eigenvalue weighted by Crippen LogP contribution is 2.16. The van der Waals surface area contributed by atoms with Crippen molar-refractivity contribution >= 4 is 16.8 Å². The molecule has 0 bridgehead atoms. The van der Waals surface area contributed by atoms with Crippen LogP contribution in [0.15, 0.2) is 41.7 Å². The Bertz CT molecular complexity index is 884. The summed E-state index contributed by atoms with van der Waals surface area (Å²) in [6, 6.07) is 5.12. The third kappa shape index (κ3) is 3.08. The van der Waals surface area contributed by atoms with E-state index in [2.05, 4.69) is 20.3 Å². The van der Waals surface area contributed by atoms with Gasteiger partial charge >= 0.3 is 0 Å². The highest BCUT2D eigenvalue weighted by molar-refractivity contribution is 5.97. The maximum absolute atomic E-state index is 12.5. The average Bonchev–Trinajstić information content (AvgIpc) is 3.08. The number of aromatic amines is 2. The van der Waals surface area contributed by atoms with Crippen molar-refractivity contribution in [3.63, 3.8) is 0 Å². The molecule has 3 rings (SSSR count). The molecule has 3 aromatic rings. The number of H-pyrrole nitrogens is 2. The lowest BCUT2D eigenvalue weighted by Crippen LogP contribution is -2.30. The quantitative estimate of drug-likeness (QED) is 0.660. The number of nitrogens with zero attached hydrogens (tertiary/aromatic N) is 1. The van der Waals surface area contributed by atoms with Crippen molar-refractivity contribution in [1.82, 2.24) is 20.3 Å². The molecule has 0 aliphatic carbocycles. The van der Waals surface area contributed by atoms with Crippen LogP contribution < -0.4 is 15.5 Å². The number of nitrogens with one attached hydrogen (secondary N) is 3. The summed E-state index contributed by atoms with van der Waals surface area (Å²) in [5, 5.41) is 3.16. The number of rotatable bonds is 5. The summed E-state index contributed by atoms with van der Waals surface area (Å²) in [4.78, 5) is 34.5. The van der Waals surface area contributed by atoms with Crippen LogP contribution in [0.5, 0.6) is 5.75 Å². The first kappa shape index (κ1) is 14.8. The van der Waals surface area contributed by atoms with Crippen LogP contribution in [0.4, 0.5) is 0 Å². The lowest BCUT2D eigenvalue weighted by atomic mass is 10.1. The highest BCUT2D eigenvalue weighted by atomic mass is 16.5. The minimum absolute atomic E-state index is 0.0790. The molecule has 1 amide bonds. The van der Waals surface area contributed by atoms with E-state index < -0.39 is 5.91 Å². The fraction of sp³-hybridized carbons (Fsp3) is 0.188. The minimum atomic E-state index is -0.407. The molecule has 1 aromatic carbocycles. The van der Waals surface area contributed by atoms with E-state index in [1.54, 1.807) is 30.7 Å². The molecular formula is C16H16N4O3. The van der Waals surface area contributed by atoms with Gasteiger partial charge in [0.15, 0.2) is 0 Å². The van der Waals surface area contributed by atoms with Gasteiger partial charge in [-0.3, -0.25) is 9.59 Å². The molecule has 7 heteroatoms. The van der Waals surface area contributed by atoms with Crippen LogP contribution in [0.1, 0.15) is 16.1 Å². The molecule has 3 N–H and O–H groups in total. The Hall–Kier alpha value is -3.09. The maximum atomic E-state index is 12.5. The van der Waals surface area contributed by atoms with Gasteiger partial charge in [-0.05, 0) is 18.2 Å². The monoisotopic (exact) mass is 312 g/mol. The molecule has 0 spiro atoms. The first-order valence-electron chi connectivity index (χ1n) is 7.14. The molecular weight excluding hydrogens is 296 g/mol. The Labute approximate surface area is 131 Å². The second-order valence-electron chi connectivity index (χ2n) is 5.03. The van der Waals surface area contributed by atoms with Crippen LogP contribution in [-0.4, -0.2) is 34.5 Å². The molecule has 0 saturated heterocycles. The summed E-state index contributed by atoms with van der Waals surface area (Å²) in [6.45, 7) is 0.413. The van der Waals surface area contributed by atoms with E-state index in [0.29, 0.717) is 29.6 Å². The van der Waals surface area contributed by atoms with E-state index >= 15 is 0 Å². The molecule has 0 saturated carbocycles. The van der Waals surface area contributed by atoms with Gasteiger partial charge in [0.05, 0.1) is 13.4 Å². The fourth-order valence-electron chi connectivity index (χ4n) is 2.32. The molecule has 23 heavy (non-hydrogen) atoms. The minimum Gasteiger partial charge on any atom is -0.497 e. The second-order valence-corrected chi connectivity index (χ2v) is 5.03. The van der Waals surface area contributed by atoms with Crippen molar-refractivity contribution < 1.29 is 9.53 Å². The van der Waals surface area contributed by atoms with E-state index in [9.17, 15) is 9.59 Å². The van der Waals surface area contributed by atoms with Crippen LogP contribution in [0.25, 0.3) is 10.9 Å². The van der Waals surface area contributed by atoms with Crippen LogP contribution in [-0.2, 0) is 6.42 Å². The van der Waals surface area contributed by atoms with E-state index in [1.807, 2.05) is 0 Å². The predicted octanol–water partition coefficient (Wildman–Crippen LogP) is 1.23. The van der Waals surface area contributed by atoms with Crippen molar-refractivity contribution in [2.75, 3.05) is 13.7 Å². The van der Waals surface area contributed by atoms with Crippen molar-refractivity contribution in [3.05, 3.63) is 58.4 Å². The number of amides is 1. The molecule has 0 fully saturated rings. The molecule has 0 unspecified atom stereocenters. The van der Waals surface area contributed by atoms with Crippen LogP contribution in [0, 0.1) is 0 Å². The third-order valence-corrected chi connectivity index (χ3v) is 3.57. The number of aromatic nitrogens is 3. The number of carbonyl (C=O) groups excluding carboxylic acids is 1. The Morgan fingerprint density at radius 1 is 1.35 bits per heavy atom. The number of methoxy groups -OCH3 is 1. The van der Waals surface area contributed by atoms with Crippen LogP contribution >= 0.6 is 0 Å². The van der Waals surface area contributed by atoms with Gasteiger partial charge in [0.1, 0.15) is 11.3 Å². The summed E-state index contributed by atoms with van der Waals surface area (Å²) in [5.41, 5.74) is 1.33. The molecule has 118 valence electrons. The van der Waals surface area contributed by atoms with Gasteiger partial charge in [-0.2, -0.15) is 0 Å². The Morgan fingerprint density at radius 2 is 2.22 bits per heavy atom. The van der Waals surface area contributed by atoms with Crippen LogP contribution in [0.3, 0.4) is 0 Å². The molecule has 0 aliphatic rings. The number of fused-ring (bicyclic) bond motifs is 1. The van der Waals surface area contributed by atoms with Gasteiger partial charge in [0.2, 0.25) is 5.43 Å². The summed E-state index contributed by atoms with van der Waals surface area (Å²) in [5.74, 6) is 0.162. The number of pyridine rings is 1. The Morgan fingerprint density at radius 3 is 2.96 bits per heavy atom. The Balaban J connectivity index is 1.80.